The number of hydrogen-bond acceptors (Lipinski definition) is 4. The number of amides is 1. The molecule has 0 aromatic carbocycles. The van der Waals surface area contributed by atoms with Crippen molar-refractivity contribution in [2.24, 2.45) is 5.92 Å². The molecule has 1 amide bonds. The minimum absolute atomic E-state index is 0.102. The Bertz CT molecular complexity index is 475. The van der Waals surface area contributed by atoms with E-state index in [1.807, 2.05) is 0 Å². The molecule has 1 aliphatic heterocycles. The summed E-state index contributed by atoms with van der Waals surface area (Å²) in [7, 11) is -3.26. The molecule has 2 rings (SSSR count). The molecule has 2 N–H and O–H groups in total. The van der Waals surface area contributed by atoms with E-state index in [1.165, 1.54) is 4.31 Å². The predicted octanol–water partition coefficient (Wildman–Crippen LogP) is -0.609. The van der Waals surface area contributed by atoms with Gasteiger partial charge < -0.3 is 10.4 Å². The van der Waals surface area contributed by atoms with Crippen molar-refractivity contribution in [3.63, 3.8) is 0 Å². The van der Waals surface area contributed by atoms with Crippen LogP contribution in [-0.2, 0) is 19.6 Å². The van der Waals surface area contributed by atoms with Crippen molar-refractivity contribution >= 4 is 21.9 Å². The Labute approximate surface area is 112 Å². The Kier molecular flexibility index (Phi) is 4.10. The zero-order valence-electron chi connectivity index (χ0n) is 10.5. The van der Waals surface area contributed by atoms with Crippen molar-refractivity contribution in [1.29, 1.82) is 0 Å². The largest absolute Gasteiger partial charge is 0.481 e. The van der Waals surface area contributed by atoms with Crippen LogP contribution in [0.5, 0.6) is 0 Å². The second kappa shape index (κ2) is 5.46. The third kappa shape index (κ3) is 3.44. The molecule has 1 heterocycles. The van der Waals surface area contributed by atoms with Gasteiger partial charge in [-0.25, -0.2) is 8.42 Å². The molecule has 2 atom stereocenters. The summed E-state index contributed by atoms with van der Waals surface area (Å²) < 4.78 is 24.3. The molecule has 8 heteroatoms. The van der Waals surface area contributed by atoms with Gasteiger partial charge in [0.25, 0.3) is 0 Å². The van der Waals surface area contributed by atoms with Gasteiger partial charge in [-0.3, -0.25) is 9.59 Å². The molecular weight excluding hydrogens is 272 g/mol. The number of carboxylic acid groups (broad SMARTS) is 1. The number of carboxylic acids is 1. The van der Waals surface area contributed by atoms with Crippen molar-refractivity contribution in [2.45, 2.75) is 31.7 Å². The minimum Gasteiger partial charge on any atom is -0.481 e. The quantitative estimate of drug-likeness (QED) is 0.719. The number of sulfonamides is 1. The highest BCUT2D eigenvalue weighted by atomic mass is 32.2. The molecule has 19 heavy (non-hydrogen) atoms. The van der Waals surface area contributed by atoms with E-state index in [1.54, 1.807) is 0 Å². The number of rotatable bonds is 4. The standard InChI is InChI=1S/C11H18N2O5S/c14-10(7-13-4-1-5-19(13,17)18)12-9-3-2-8(6-9)11(15)16/h8-9H,1-7H2,(H,12,14)(H,15,16)/t8-,9+/m0/s1. The van der Waals surface area contributed by atoms with Crippen molar-refractivity contribution in [3.05, 3.63) is 0 Å². The fraction of sp³-hybridized carbons (Fsp3) is 0.818. The molecule has 0 aromatic heterocycles. The van der Waals surface area contributed by atoms with Gasteiger partial charge in [0.15, 0.2) is 0 Å². The Balaban J connectivity index is 1.81. The van der Waals surface area contributed by atoms with E-state index in [2.05, 4.69) is 5.32 Å². The normalized spacial score (nSPS) is 30.3. The Morgan fingerprint density at radius 3 is 2.58 bits per heavy atom. The van der Waals surface area contributed by atoms with Crippen LogP contribution in [0, 0.1) is 5.92 Å². The van der Waals surface area contributed by atoms with Gasteiger partial charge in [0, 0.05) is 12.6 Å². The summed E-state index contributed by atoms with van der Waals surface area (Å²) in [5, 5.41) is 11.6. The summed E-state index contributed by atoms with van der Waals surface area (Å²) in [5.41, 5.74) is 0. The highest BCUT2D eigenvalue weighted by Crippen LogP contribution is 2.25. The van der Waals surface area contributed by atoms with E-state index >= 15 is 0 Å². The number of aliphatic carboxylic acids is 1. The lowest BCUT2D eigenvalue weighted by Crippen LogP contribution is -2.42. The third-order valence-electron chi connectivity index (χ3n) is 3.67. The van der Waals surface area contributed by atoms with Crippen molar-refractivity contribution < 1.29 is 23.1 Å². The van der Waals surface area contributed by atoms with Crippen molar-refractivity contribution in [3.8, 4) is 0 Å². The summed E-state index contributed by atoms with van der Waals surface area (Å²) >= 11 is 0. The maximum Gasteiger partial charge on any atom is 0.306 e. The van der Waals surface area contributed by atoms with Crippen LogP contribution < -0.4 is 5.32 Å². The fourth-order valence-electron chi connectivity index (χ4n) is 2.64. The molecule has 0 unspecified atom stereocenters. The first-order chi connectivity index (χ1) is 8.88. The van der Waals surface area contributed by atoms with Crippen LogP contribution in [0.2, 0.25) is 0 Å². The highest BCUT2D eigenvalue weighted by molar-refractivity contribution is 7.89. The Hall–Kier alpha value is -1.15. The van der Waals surface area contributed by atoms with E-state index in [9.17, 15) is 18.0 Å². The summed E-state index contributed by atoms with van der Waals surface area (Å²) in [6.07, 6.45) is 2.17. The lowest BCUT2D eigenvalue weighted by molar-refractivity contribution is -0.141. The molecule has 7 nitrogen and oxygen atoms in total. The first kappa shape index (κ1) is 14.3. The van der Waals surface area contributed by atoms with Crippen LogP contribution in [-0.4, -0.2) is 54.6 Å². The van der Waals surface area contributed by atoms with E-state index in [-0.39, 0.29) is 24.2 Å². The third-order valence-corrected chi connectivity index (χ3v) is 5.57. The monoisotopic (exact) mass is 290 g/mol. The molecule has 2 aliphatic rings. The average molecular weight is 290 g/mol. The van der Waals surface area contributed by atoms with Gasteiger partial charge in [-0.05, 0) is 25.7 Å². The zero-order chi connectivity index (χ0) is 14.0. The van der Waals surface area contributed by atoms with Gasteiger partial charge >= 0.3 is 5.97 Å². The van der Waals surface area contributed by atoms with Crippen LogP contribution in [0.1, 0.15) is 25.7 Å². The van der Waals surface area contributed by atoms with Crippen LogP contribution in [0.15, 0.2) is 0 Å². The molecular formula is C11H18N2O5S. The minimum atomic E-state index is -3.26. The first-order valence-electron chi connectivity index (χ1n) is 6.38. The molecule has 1 saturated carbocycles. The van der Waals surface area contributed by atoms with Crippen LogP contribution in [0.25, 0.3) is 0 Å². The van der Waals surface area contributed by atoms with Crippen molar-refractivity contribution in [2.75, 3.05) is 18.8 Å². The smallest absolute Gasteiger partial charge is 0.306 e. The number of hydrogen-bond donors (Lipinski definition) is 2. The predicted molar refractivity (Wildman–Crippen MR) is 66.9 cm³/mol. The second-order valence-corrected chi connectivity index (χ2v) is 7.20. The molecule has 2 fully saturated rings. The molecule has 0 spiro atoms. The van der Waals surface area contributed by atoms with Gasteiger partial charge in [-0.2, -0.15) is 4.31 Å². The van der Waals surface area contributed by atoms with E-state index in [0.717, 1.165) is 0 Å². The Morgan fingerprint density at radius 2 is 2.05 bits per heavy atom. The number of carbonyl (C=O) groups is 2. The molecule has 1 saturated heterocycles. The molecule has 0 radical (unpaired) electrons. The zero-order valence-corrected chi connectivity index (χ0v) is 11.4. The highest BCUT2D eigenvalue weighted by Gasteiger charge is 2.33. The first-order valence-corrected chi connectivity index (χ1v) is 7.99. The van der Waals surface area contributed by atoms with Crippen LogP contribution >= 0.6 is 0 Å². The number of nitrogens with zero attached hydrogens (tertiary/aromatic N) is 1. The SMILES string of the molecule is O=C(CN1CCCS1(=O)=O)N[C@@H]1CC[C@H](C(=O)O)C1. The maximum absolute atomic E-state index is 11.8. The molecule has 108 valence electrons. The van der Waals surface area contributed by atoms with Gasteiger partial charge in [0.1, 0.15) is 0 Å². The molecule has 0 bridgehead atoms. The summed E-state index contributed by atoms with van der Waals surface area (Å²) in [5.74, 6) is -1.48. The van der Waals surface area contributed by atoms with Gasteiger partial charge in [0.05, 0.1) is 18.2 Å². The topological polar surface area (TPSA) is 104 Å². The van der Waals surface area contributed by atoms with Gasteiger partial charge in [-0.1, -0.05) is 0 Å². The molecule has 0 aromatic rings. The van der Waals surface area contributed by atoms with Crippen LogP contribution in [0.4, 0.5) is 0 Å². The van der Waals surface area contributed by atoms with Crippen molar-refractivity contribution in [1.82, 2.24) is 9.62 Å². The second-order valence-electron chi connectivity index (χ2n) is 5.12. The Morgan fingerprint density at radius 1 is 1.32 bits per heavy atom. The number of nitrogens with one attached hydrogen (secondary N) is 1. The maximum atomic E-state index is 11.8. The molecule has 1 aliphatic carbocycles. The lowest BCUT2D eigenvalue weighted by Gasteiger charge is -2.17. The van der Waals surface area contributed by atoms with Crippen LogP contribution in [0.3, 0.4) is 0 Å². The van der Waals surface area contributed by atoms with E-state index in [4.69, 9.17) is 5.11 Å². The lowest BCUT2D eigenvalue weighted by atomic mass is 10.1. The number of carbonyl (C=O) groups excluding carboxylic acids is 1. The average Bonchev–Trinajstić information content (AvgIpc) is 2.87. The summed E-state index contributed by atoms with van der Waals surface area (Å²) in [6.45, 7) is 0.231. The summed E-state index contributed by atoms with van der Waals surface area (Å²) in [6, 6.07) is -0.154. The summed E-state index contributed by atoms with van der Waals surface area (Å²) in [4.78, 5) is 22.6. The van der Waals surface area contributed by atoms with E-state index < -0.39 is 21.9 Å². The van der Waals surface area contributed by atoms with Gasteiger partial charge in [0.2, 0.25) is 15.9 Å². The fourth-order valence-corrected chi connectivity index (χ4v) is 4.11. The van der Waals surface area contributed by atoms with E-state index in [0.29, 0.717) is 32.2 Å². The van der Waals surface area contributed by atoms with Gasteiger partial charge in [-0.15, -0.1) is 0 Å².